The number of furan rings is 1. The molecule has 0 radical (unpaired) electrons. The molecule has 1 aromatic heterocycles. The number of amidine groups is 1. The molecule has 3 heterocycles. The van der Waals surface area contributed by atoms with Crippen LogP contribution in [0.4, 0.5) is 0 Å². The maximum Gasteiger partial charge on any atom is 0.254 e. The Kier molecular flexibility index (Phi) is 4.32. The smallest absolute Gasteiger partial charge is 0.254 e. The second-order valence-electron chi connectivity index (χ2n) is 6.74. The lowest BCUT2D eigenvalue weighted by Gasteiger charge is -2.27. The third-order valence-corrected chi connectivity index (χ3v) is 5.01. The number of hydrogen-bond donors (Lipinski definition) is 1. The van der Waals surface area contributed by atoms with Crippen molar-refractivity contribution in [3.63, 3.8) is 0 Å². The van der Waals surface area contributed by atoms with E-state index in [2.05, 4.69) is 0 Å². The SMILES string of the molecule is N=C1CC=CN1C(=O)[C@@H]1CCCN1C(=O)CCc1cc2ccccc2o1. The third-order valence-electron chi connectivity index (χ3n) is 5.01. The summed E-state index contributed by atoms with van der Waals surface area (Å²) in [5.41, 5.74) is 0.823. The maximum absolute atomic E-state index is 12.7. The van der Waals surface area contributed by atoms with Gasteiger partial charge in [-0.25, -0.2) is 0 Å². The summed E-state index contributed by atoms with van der Waals surface area (Å²) in [6, 6.07) is 9.28. The molecule has 1 atom stereocenters. The highest BCUT2D eigenvalue weighted by atomic mass is 16.3. The van der Waals surface area contributed by atoms with E-state index in [0.717, 1.165) is 23.2 Å². The van der Waals surface area contributed by atoms with E-state index in [1.165, 1.54) is 4.90 Å². The predicted octanol–water partition coefficient (Wildman–Crippen LogP) is 3.08. The average molecular weight is 351 g/mol. The van der Waals surface area contributed by atoms with Crippen LogP contribution in [0.5, 0.6) is 0 Å². The van der Waals surface area contributed by atoms with Crippen LogP contribution in [0.2, 0.25) is 0 Å². The zero-order chi connectivity index (χ0) is 18.1. The molecule has 1 fully saturated rings. The van der Waals surface area contributed by atoms with Crippen molar-refractivity contribution in [3.8, 4) is 0 Å². The maximum atomic E-state index is 12.7. The molecule has 2 amide bonds. The fourth-order valence-electron chi connectivity index (χ4n) is 3.68. The summed E-state index contributed by atoms with van der Waals surface area (Å²) in [6.07, 6.45) is 6.22. The van der Waals surface area contributed by atoms with Crippen LogP contribution in [-0.2, 0) is 16.0 Å². The summed E-state index contributed by atoms with van der Waals surface area (Å²) >= 11 is 0. The lowest BCUT2D eigenvalue weighted by molar-refractivity contribution is -0.140. The topological polar surface area (TPSA) is 77.6 Å². The van der Waals surface area contributed by atoms with Gasteiger partial charge in [-0.1, -0.05) is 24.3 Å². The van der Waals surface area contributed by atoms with Crippen molar-refractivity contribution in [3.05, 3.63) is 48.4 Å². The number of carbonyl (C=O) groups excluding carboxylic acids is 2. The number of amides is 2. The first-order chi connectivity index (χ1) is 12.6. The zero-order valence-electron chi connectivity index (χ0n) is 14.5. The van der Waals surface area contributed by atoms with E-state index < -0.39 is 6.04 Å². The summed E-state index contributed by atoms with van der Waals surface area (Å²) < 4.78 is 5.77. The van der Waals surface area contributed by atoms with Gasteiger partial charge in [0.15, 0.2) is 0 Å². The van der Waals surface area contributed by atoms with Crippen molar-refractivity contribution in [2.75, 3.05) is 6.54 Å². The normalized spacial score (nSPS) is 19.7. The molecular formula is C20H21N3O3. The Morgan fingerprint density at radius 2 is 2.12 bits per heavy atom. The van der Waals surface area contributed by atoms with Crippen LogP contribution in [0.25, 0.3) is 11.0 Å². The fourth-order valence-corrected chi connectivity index (χ4v) is 3.68. The number of rotatable bonds is 4. The highest BCUT2D eigenvalue weighted by Gasteiger charge is 2.37. The summed E-state index contributed by atoms with van der Waals surface area (Å²) in [5.74, 6) is 0.858. The molecule has 1 saturated heterocycles. The molecule has 26 heavy (non-hydrogen) atoms. The monoisotopic (exact) mass is 351 g/mol. The van der Waals surface area contributed by atoms with Gasteiger partial charge < -0.3 is 9.32 Å². The van der Waals surface area contributed by atoms with E-state index in [1.807, 2.05) is 30.3 Å². The number of likely N-dealkylation sites (tertiary alicyclic amines) is 1. The highest BCUT2D eigenvalue weighted by molar-refractivity contribution is 6.03. The molecule has 0 saturated carbocycles. The van der Waals surface area contributed by atoms with Gasteiger partial charge >= 0.3 is 0 Å². The van der Waals surface area contributed by atoms with Crippen LogP contribution < -0.4 is 0 Å². The zero-order valence-corrected chi connectivity index (χ0v) is 14.5. The van der Waals surface area contributed by atoms with E-state index in [4.69, 9.17) is 9.83 Å². The van der Waals surface area contributed by atoms with E-state index in [-0.39, 0.29) is 17.6 Å². The molecule has 0 unspecified atom stereocenters. The number of carbonyl (C=O) groups is 2. The second kappa shape index (κ2) is 6.78. The Labute approximate surface area is 151 Å². The van der Waals surface area contributed by atoms with Crippen molar-refractivity contribution in [1.29, 1.82) is 5.41 Å². The van der Waals surface area contributed by atoms with Crippen LogP contribution in [0, 0.1) is 5.41 Å². The lowest BCUT2D eigenvalue weighted by atomic mass is 10.1. The number of nitrogens with zero attached hydrogens (tertiary/aromatic N) is 2. The molecule has 1 aromatic carbocycles. The molecule has 1 N–H and O–H groups in total. The van der Waals surface area contributed by atoms with Crippen molar-refractivity contribution in [2.24, 2.45) is 0 Å². The number of benzene rings is 1. The van der Waals surface area contributed by atoms with Crippen LogP contribution >= 0.6 is 0 Å². The van der Waals surface area contributed by atoms with E-state index >= 15 is 0 Å². The van der Waals surface area contributed by atoms with Gasteiger partial charge in [0.25, 0.3) is 5.91 Å². The minimum absolute atomic E-state index is 0.0315. The largest absolute Gasteiger partial charge is 0.461 e. The molecule has 0 spiro atoms. The number of fused-ring (bicyclic) bond motifs is 1. The van der Waals surface area contributed by atoms with Crippen molar-refractivity contribution < 1.29 is 14.0 Å². The molecular weight excluding hydrogens is 330 g/mol. The quantitative estimate of drug-likeness (QED) is 0.919. The number of aryl methyl sites for hydroxylation is 1. The minimum atomic E-state index is -0.457. The summed E-state index contributed by atoms with van der Waals surface area (Å²) in [6.45, 7) is 0.597. The second-order valence-corrected chi connectivity index (χ2v) is 6.74. The molecule has 0 bridgehead atoms. The molecule has 2 aromatic rings. The van der Waals surface area contributed by atoms with Gasteiger partial charge in [0.1, 0.15) is 23.2 Å². The van der Waals surface area contributed by atoms with E-state index in [0.29, 0.717) is 32.2 Å². The first kappa shape index (κ1) is 16.6. The Balaban J connectivity index is 1.41. The summed E-state index contributed by atoms with van der Waals surface area (Å²) in [5, 5.41) is 8.88. The van der Waals surface area contributed by atoms with Crippen molar-refractivity contribution in [2.45, 2.75) is 38.1 Å². The molecule has 6 heteroatoms. The van der Waals surface area contributed by atoms with E-state index in [1.54, 1.807) is 17.2 Å². The Bertz CT molecular complexity index is 866. The van der Waals surface area contributed by atoms with Crippen LogP contribution in [-0.4, -0.2) is 40.0 Å². The molecule has 2 aliphatic heterocycles. The first-order valence-electron chi connectivity index (χ1n) is 8.97. The van der Waals surface area contributed by atoms with Crippen molar-refractivity contribution >= 4 is 28.6 Å². The Morgan fingerprint density at radius 1 is 1.27 bits per heavy atom. The van der Waals surface area contributed by atoms with E-state index in [9.17, 15) is 9.59 Å². The molecule has 0 aliphatic carbocycles. The van der Waals surface area contributed by atoms with Gasteiger partial charge in [0, 0.05) is 37.4 Å². The van der Waals surface area contributed by atoms with Gasteiger partial charge in [0.2, 0.25) is 5.91 Å². The number of para-hydroxylation sites is 1. The van der Waals surface area contributed by atoms with Gasteiger partial charge in [-0.2, -0.15) is 0 Å². The first-order valence-corrected chi connectivity index (χ1v) is 8.97. The van der Waals surface area contributed by atoms with Crippen LogP contribution in [0.3, 0.4) is 0 Å². The Hall–Kier alpha value is -2.89. The van der Waals surface area contributed by atoms with Crippen LogP contribution in [0.1, 0.15) is 31.4 Å². The molecule has 134 valence electrons. The summed E-state index contributed by atoms with van der Waals surface area (Å²) in [7, 11) is 0. The van der Waals surface area contributed by atoms with Gasteiger partial charge in [-0.3, -0.25) is 19.9 Å². The van der Waals surface area contributed by atoms with Gasteiger partial charge in [-0.05, 0) is 25.0 Å². The standard InChI is InChI=1S/C20H21N3O3/c21-18-8-4-12-23(18)20(25)16-6-3-11-22(16)19(24)10-9-15-13-14-5-1-2-7-17(14)26-15/h1-2,4-5,7,12-13,16,21H,3,6,8-11H2/t16-/m0/s1. The predicted molar refractivity (Wildman–Crippen MR) is 97.6 cm³/mol. The third kappa shape index (κ3) is 3.03. The van der Waals surface area contributed by atoms with Gasteiger partial charge in [0.05, 0.1) is 0 Å². The number of nitrogens with one attached hydrogen (secondary N) is 1. The average Bonchev–Trinajstić information content (AvgIpc) is 3.37. The Morgan fingerprint density at radius 3 is 2.88 bits per heavy atom. The molecule has 6 nitrogen and oxygen atoms in total. The highest BCUT2D eigenvalue weighted by Crippen LogP contribution is 2.24. The van der Waals surface area contributed by atoms with Crippen LogP contribution in [0.15, 0.2) is 47.0 Å². The van der Waals surface area contributed by atoms with Gasteiger partial charge in [-0.15, -0.1) is 0 Å². The lowest BCUT2D eigenvalue weighted by Crippen LogP contribution is -2.46. The minimum Gasteiger partial charge on any atom is -0.461 e. The van der Waals surface area contributed by atoms with Crippen molar-refractivity contribution in [1.82, 2.24) is 9.80 Å². The molecule has 2 aliphatic rings. The fraction of sp³-hybridized carbons (Fsp3) is 0.350. The molecule has 4 rings (SSSR count). The summed E-state index contributed by atoms with van der Waals surface area (Å²) in [4.78, 5) is 28.4. The number of hydrogen-bond acceptors (Lipinski definition) is 4.